The number of hydrogen-bond donors (Lipinski definition) is 0. The summed E-state index contributed by atoms with van der Waals surface area (Å²) in [4.78, 5) is 46.0. The number of carbonyl (C=O) groups is 2. The van der Waals surface area contributed by atoms with Crippen molar-refractivity contribution in [2.45, 2.75) is 6.10 Å². The van der Waals surface area contributed by atoms with Crippen LogP contribution in [0.15, 0.2) is 28.1 Å². The number of aromatic nitrogens is 1. The van der Waals surface area contributed by atoms with Gasteiger partial charge in [0.2, 0.25) is 0 Å². The number of oxime groups is 1. The van der Waals surface area contributed by atoms with Gasteiger partial charge in [0.15, 0.2) is 11.8 Å². The number of carbonyl (C=O) groups excluding carboxylic acids is 2. The minimum atomic E-state index is -0.320. The molecule has 26 heavy (non-hydrogen) atoms. The first kappa shape index (κ1) is 16.8. The SMILES string of the molecule is Cn1c(C(=O)N2C[C@@H]3C(C(=O)N4CCOCC4)=NO[C@@H]3C2)cccc1=O. The Morgan fingerprint density at radius 1 is 1.12 bits per heavy atom. The minimum Gasteiger partial charge on any atom is -0.389 e. The monoisotopic (exact) mass is 360 g/mol. The van der Waals surface area contributed by atoms with E-state index in [9.17, 15) is 14.4 Å². The fraction of sp³-hybridized carbons (Fsp3) is 0.529. The van der Waals surface area contributed by atoms with Crippen molar-refractivity contribution in [3.05, 3.63) is 34.2 Å². The molecule has 2 saturated heterocycles. The highest BCUT2D eigenvalue weighted by Crippen LogP contribution is 2.29. The van der Waals surface area contributed by atoms with Gasteiger partial charge in [0.05, 0.1) is 25.7 Å². The van der Waals surface area contributed by atoms with E-state index < -0.39 is 0 Å². The standard InChI is InChI=1S/C17H20N4O5/c1-19-12(3-2-4-14(19)22)16(23)21-9-11-13(10-21)26-18-15(11)17(24)20-5-7-25-8-6-20/h2-4,11,13H,5-10H2,1H3/t11-,13+/m0/s1. The van der Waals surface area contributed by atoms with E-state index in [2.05, 4.69) is 5.16 Å². The quantitative estimate of drug-likeness (QED) is 0.679. The molecule has 0 spiro atoms. The molecule has 0 bridgehead atoms. The summed E-state index contributed by atoms with van der Waals surface area (Å²) in [6.45, 7) is 2.78. The lowest BCUT2D eigenvalue weighted by Crippen LogP contribution is -2.46. The highest BCUT2D eigenvalue weighted by molar-refractivity contribution is 6.40. The van der Waals surface area contributed by atoms with Gasteiger partial charge < -0.3 is 23.9 Å². The van der Waals surface area contributed by atoms with Gasteiger partial charge in [0.1, 0.15) is 5.69 Å². The highest BCUT2D eigenvalue weighted by atomic mass is 16.6. The van der Waals surface area contributed by atoms with Gasteiger partial charge in [-0.3, -0.25) is 14.4 Å². The Morgan fingerprint density at radius 2 is 1.88 bits per heavy atom. The predicted octanol–water partition coefficient (Wildman–Crippen LogP) is -0.929. The lowest BCUT2D eigenvalue weighted by atomic mass is 10.00. The number of likely N-dealkylation sites (tertiary alicyclic amines) is 1. The Kier molecular flexibility index (Phi) is 4.23. The van der Waals surface area contributed by atoms with Crippen LogP contribution in [0, 0.1) is 5.92 Å². The Morgan fingerprint density at radius 3 is 2.65 bits per heavy atom. The number of ether oxygens (including phenoxy) is 1. The van der Waals surface area contributed by atoms with Gasteiger partial charge in [-0.25, -0.2) is 0 Å². The normalized spacial score (nSPS) is 24.9. The molecule has 0 radical (unpaired) electrons. The molecule has 4 rings (SSSR count). The summed E-state index contributed by atoms with van der Waals surface area (Å²) >= 11 is 0. The van der Waals surface area contributed by atoms with Crippen molar-refractivity contribution in [1.82, 2.24) is 14.4 Å². The van der Waals surface area contributed by atoms with Crippen LogP contribution in [0.5, 0.6) is 0 Å². The van der Waals surface area contributed by atoms with Crippen molar-refractivity contribution in [2.24, 2.45) is 18.1 Å². The van der Waals surface area contributed by atoms with E-state index in [1.54, 1.807) is 29.0 Å². The molecular weight excluding hydrogens is 340 g/mol. The van der Waals surface area contributed by atoms with Crippen LogP contribution in [0.4, 0.5) is 0 Å². The summed E-state index contributed by atoms with van der Waals surface area (Å²) in [5.74, 6) is -0.640. The molecule has 0 saturated carbocycles. The second-order valence-corrected chi connectivity index (χ2v) is 6.65. The Bertz CT molecular complexity index is 827. The third kappa shape index (κ3) is 2.78. The van der Waals surface area contributed by atoms with Crippen molar-refractivity contribution in [2.75, 3.05) is 39.4 Å². The Hall–Kier alpha value is -2.68. The van der Waals surface area contributed by atoms with Crippen molar-refractivity contribution in [1.29, 1.82) is 0 Å². The van der Waals surface area contributed by atoms with Gasteiger partial charge in [0, 0.05) is 32.7 Å². The number of hydrogen-bond acceptors (Lipinski definition) is 6. The maximum absolute atomic E-state index is 12.8. The van der Waals surface area contributed by atoms with Gasteiger partial charge in [-0.05, 0) is 6.07 Å². The second-order valence-electron chi connectivity index (χ2n) is 6.65. The predicted molar refractivity (Wildman–Crippen MR) is 90.8 cm³/mol. The zero-order chi connectivity index (χ0) is 18.3. The molecule has 138 valence electrons. The number of pyridine rings is 1. The lowest BCUT2D eigenvalue weighted by Gasteiger charge is -2.27. The Balaban J connectivity index is 1.49. The largest absolute Gasteiger partial charge is 0.389 e. The molecule has 0 unspecified atom stereocenters. The van der Waals surface area contributed by atoms with E-state index in [-0.39, 0.29) is 29.4 Å². The Labute approximate surface area is 149 Å². The molecule has 3 aliphatic heterocycles. The van der Waals surface area contributed by atoms with Crippen LogP contribution < -0.4 is 5.56 Å². The molecule has 2 amide bonds. The number of rotatable bonds is 2. The van der Waals surface area contributed by atoms with E-state index >= 15 is 0 Å². The molecule has 9 nitrogen and oxygen atoms in total. The smallest absolute Gasteiger partial charge is 0.272 e. The van der Waals surface area contributed by atoms with Gasteiger partial charge >= 0.3 is 0 Å². The van der Waals surface area contributed by atoms with Gasteiger partial charge in [-0.1, -0.05) is 11.2 Å². The first-order valence-electron chi connectivity index (χ1n) is 8.62. The summed E-state index contributed by atoms with van der Waals surface area (Å²) in [7, 11) is 1.57. The summed E-state index contributed by atoms with van der Waals surface area (Å²) in [6, 6.07) is 4.59. The van der Waals surface area contributed by atoms with Gasteiger partial charge in [-0.15, -0.1) is 0 Å². The van der Waals surface area contributed by atoms with Gasteiger partial charge in [0.25, 0.3) is 17.4 Å². The maximum Gasteiger partial charge on any atom is 0.272 e. The zero-order valence-corrected chi connectivity index (χ0v) is 14.5. The molecule has 2 fully saturated rings. The number of fused-ring (bicyclic) bond motifs is 1. The number of morpholine rings is 1. The van der Waals surface area contributed by atoms with Crippen molar-refractivity contribution in [3.63, 3.8) is 0 Å². The van der Waals surface area contributed by atoms with Crippen LogP contribution in [0.1, 0.15) is 10.5 Å². The first-order chi connectivity index (χ1) is 12.6. The molecule has 0 aromatic carbocycles. The molecule has 1 aromatic rings. The van der Waals surface area contributed by atoms with Crippen molar-refractivity contribution < 1.29 is 19.2 Å². The zero-order valence-electron chi connectivity index (χ0n) is 14.5. The molecular formula is C17H20N4O5. The first-order valence-corrected chi connectivity index (χ1v) is 8.62. The average molecular weight is 360 g/mol. The average Bonchev–Trinajstić information content (AvgIpc) is 3.24. The fourth-order valence-electron chi connectivity index (χ4n) is 3.57. The van der Waals surface area contributed by atoms with Crippen LogP contribution in [-0.4, -0.2) is 77.4 Å². The van der Waals surface area contributed by atoms with Crippen LogP contribution in [0.3, 0.4) is 0 Å². The fourth-order valence-corrected chi connectivity index (χ4v) is 3.57. The summed E-state index contributed by atoms with van der Waals surface area (Å²) in [5, 5.41) is 3.98. The van der Waals surface area contributed by atoms with Crippen LogP contribution >= 0.6 is 0 Å². The van der Waals surface area contributed by atoms with E-state index in [4.69, 9.17) is 9.57 Å². The van der Waals surface area contributed by atoms with Crippen molar-refractivity contribution >= 4 is 17.5 Å². The minimum absolute atomic E-state index is 0.151. The number of nitrogens with zero attached hydrogens (tertiary/aromatic N) is 4. The second kappa shape index (κ2) is 6.56. The number of amides is 2. The third-order valence-corrected chi connectivity index (χ3v) is 5.11. The molecule has 0 aliphatic carbocycles. The molecule has 3 aliphatic rings. The lowest BCUT2D eigenvalue weighted by molar-refractivity contribution is -0.128. The van der Waals surface area contributed by atoms with E-state index in [1.165, 1.54) is 10.6 Å². The molecule has 1 aromatic heterocycles. The van der Waals surface area contributed by atoms with E-state index in [0.717, 1.165) is 0 Å². The summed E-state index contributed by atoms with van der Waals surface area (Å²) in [5.41, 5.74) is 0.445. The third-order valence-electron chi connectivity index (χ3n) is 5.11. The highest BCUT2D eigenvalue weighted by Gasteiger charge is 2.47. The van der Waals surface area contributed by atoms with Crippen LogP contribution in [0.2, 0.25) is 0 Å². The maximum atomic E-state index is 12.8. The molecule has 9 heteroatoms. The topological polar surface area (TPSA) is 93.4 Å². The molecule has 2 atom stereocenters. The van der Waals surface area contributed by atoms with E-state index in [1.807, 2.05) is 0 Å². The van der Waals surface area contributed by atoms with Gasteiger partial charge in [-0.2, -0.15) is 0 Å². The summed E-state index contributed by atoms with van der Waals surface area (Å²) < 4.78 is 6.60. The van der Waals surface area contributed by atoms with E-state index in [0.29, 0.717) is 50.8 Å². The van der Waals surface area contributed by atoms with Crippen molar-refractivity contribution in [3.8, 4) is 0 Å². The molecule has 0 N–H and O–H groups in total. The van der Waals surface area contributed by atoms with Crippen LogP contribution in [-0.2, 0) is 21.4 Å². The molecule has 4 heterocycles. The summed E-state index contributed by atoms with van der Waals surface area (Å²) in [6.07, 6.45) is -0.320. The van der Waals surface area contributed by atoms with Crippen LogP contribution in [0.25, 0.3) is 0 Å².